The van der Waals surface area contributed by atoms with Crippen molar-refractivity contribution in [2.45, 2.75) is 38.0 Å². The van der Waals surface area contributed by atoms with Crippen LogP contribution in [-0.2, 0) is 0 Å². The lowest BCUT2D eigenvalue weighted by Crippen LogP contribution is -2.04. The Labute approximate surface area is 109 Å². The van der Waals surface area contributed by atoms with E-state index in [-0.39, 0.29) is 0 Å². The first kappa shape index (κ1) is 12.6. The predicted molar refractivity (Wildman–Crippen MR) is 75.3 cm³/mol. The highest BCUT2D eigenvalue weighted by atomic mass is 14.2. The molecule has 1 aliphatic rings. The average molecular weight is 237 g/mol. The fraction of sp³-hybridized carbons (Fsp3) is 0.353. The fourth-order valence-electron chi connectivity index (χ4n) is 2.54. The summed E-state index contributed by atoms with van der Waals surface area (Å²) in [5.74, 6) is 0.630. The molecule has 0 amide bonds. The zero-order chi connectivity index (χ0) is 12.8. The maximum atomic E-state index is 8.79. The quantitative estimate of drug-likeness (QED) is 0.695. The van der Waals surface area contributed by atoms with Crippen LogP contribution in [0.4, 0.5) is 0 Å². The lowest BCUT2D eigenvalue weighted by Gasteiger charge is -2.22. The van der Waals surface area contributed by atoms with Crippen LogP contribution in [-0.4, -0.2) is 0 Å². The Morgan fingerprint density at radius 3 is 2.67 bits per heavy atom. The molecule has 2 rings (SSSR count). The first-order chi connectivity index (χ1) is 8.83. The van der Waals surface area contributed by atoms with Crippen LogP contribution in [0.5, 0.6) is 0 Å². The van der Waals surface area contributed by atoms with E-state index in [0.29, 0.717) is 5.92 Å². The van der Waals surface area contributed by atoms with Crippen LogP contribution in [0.25, 0.3) is 0 Å². The molecule has 0 fully saturated rings. The van der Waals surface area contributed by atoms with E-state index in [4.69, 9.17) is 5.26 Å². The summed E-state index contributed by atoms with van der Waals surface area (Å²) in [6.45, 7) is 3.77. The molecular weight excluding hydrogens is 218 g/mol. The average Bonchev–Trinajstić information content (AvgIpc) is 2.46. The normalized spacial score (nSPS) is 18.8. The van der Waals surface area contributed by atoms with Gasteiger partial charge in [0, 0.05) is 0 Å². The summed E-state index contributed by atoms with van der Waals surface area (Å²) in [6.07, 6.45) is 10.2. The van der Waals surface area contributed by atoms with Gasteiger partial charge in [-0.3, -0.25) is 0 Å². The van der Waals surface area contributed by atoms with Gasteiger partial charge < -0.3 is 0 Å². The van der Waals surface area contributed by atoms with Crippen molar-refractivity contribution >= 4 is 0 Å². The van der Waals surface area contributed by atoms with Crippen LogP contribution in [0.2, 0.25) is 0 Å². The number of benzene rings is 1. The Kier molecular flexibility index (Phi) is 4.36. The SMILES string of the molecule is C=CCCC1=CCC(c2ccc(C#N)cc2)CC1. The summed E-state index contributed by atoms with van der Waals surface area (Å²) >= 11 is 0. The summed E-state index contributed by atoms with van der Waals surface area (Å²) in [4.78, 5) is 0. The largest absolute Gasteiger partial charge is 0.192 e. The van der Waals surface area contributed by atoms with Crippen LogP contribution < -0.4 is 0 Å². The van der Waals surface area contributed by atoms with Gasteiger partial charge in [0.25, 0.3) is 0 Å². The second-order valence-electron chi connectivity index (χ2n) is 4.89. The zero-order valence-corrected chi connectivity index (χ0v) is 10.7. The van der Waals surface area contributed by atoms with Gasteiger partial charge >= 0.3 is 0 Å². The maximum Gasteiger partial charge on any atom is 0.0991 e. The highest BCUT2D eigenvalue weighted by molar-refractivity contribution is 5.33. The first-order valence-corrected chi connectivity index (χ1v) is 6.62. The molecule has 0 spiro atoms. The van der Waals surface area contributed by atoms with E-state index in [1.54, 1.807) is 5.57 Å². The molecule has 1 nitrogen and oxygen atoms in total. The van der Waals surface area contributed by atoms with E-state index >= 15 is 0 Å². The Balaban J connectivity index is 1.98. The number of hydrogen-bond donors (Lipinski definition) is 0. The lowest BCUT2D eigenvalue weighted by atomic mass is 9.83. The van der Waals surface area contributed by atoms with Gasteiger partial charge in [0.05, 0.1) is 11.6 Å². The van der Waals surface area contributed by atoms with Crippen molar-refractivity contribution in [2.75, 3.05) is 0 Å². The van der Waals surface area contributed by atoms with E-state index in [1.165, 1.54) is 24.8 Å². The lowest BCUT2D eigenvalue weighted by molar-refractivity contribution is 0.586. The van der Waals surface area contributed by atoms with E-state index in [9.17, 15) is 0 Å². The molecule has 92 valence electrons. The number of allylic oxidation sites excluding steroid dienone is 3. The van der Waals surface area contributed by atoms with E-state index in [2.05, 4.69) is 30.9 Å². The molecule has 1 aromatic rings. The van der Waals surface area contributed by atoms with Gasteiger partial charge in [0.1, 0.15) is 0 Å². The summed E-state index contributed by atoms with van der Waals surface area (Å²) in [7, 11) is 0. The highest BCUT2D eigenvalue weighted by Gasteiger charge is 2.15. The molecule has 0 saturated heterocycles. The van der Waals surface area contributed by atoms with Gasteiger partial charge in [-0.2, -0.15) is 5.26 Å². The molecule has 0 aromatic heterocycles. The summed E-state index contributed by atoms with van der Waals surface area (Å²) < 4.78 is 0. The van der Waals surface area contributed by atoms with Crippen molar-refractivity contribution in [1.82, 2.24) is 0 Å². The van der Waals surface area contributed by atoms with Crippen LogP contribution in [0.3, 0.4) is 0 Å². The van der Waals surface area contributed by atoms with Gasteiger partial charge in [-0.15, -0.1) is 6.58 Å². The molecule has 0 N–H and O–H groups in total. The zero-order valence-electron chi connectivity index (χ0n) is 10.7. The van der Waals surface area contributed by atoms with E-state index in [0.717, 1.165) is 18.4 Å². The molecule has 0 bridgehead atoms. The van der Waals surface area contributed by atoms with Gasteiger partial charge in [0.15, 0.2) is 0 Å². The molecule has 1 aliphatic carbocycles. The third kappa shape index (κ3) is 3.11. The van der Waals surface area contributed by atoms with Gasteiger partial charge in [0.2, 0.25) is 0 Å². The Hall–Kier alpha value is -1.81. The van der Waals surface area contributed by atoms with Crippen molar-refractivity contribution in [2.24, 2.45) is 0 Å². The number of rotatable bonds is 4. The topological polar surface area (TPSA) is 23.8 Å². The van der Waals surface area contributed by atoms with Gasteiger partial charge in [-0.05, 0) is 55.7 Å². The molecular formula is C17H19N. The molecule has 1 heteroatoms. The third-order valence-electron chi connectivity index (χ3n) is 3.69. The second-order valence-corrected chi connectivity index (χ2v) is 4.89. The Morgan fingerprint density at radius 1 is 1.33 bits per heavy atom. The first-order valence-electron chi connectivity index (χ1n) is 6.62. The van der Waals surface area contributed by atoms with E-state index < -0.39 is 0 Å². The number of hydrogen-bond acceptors (Lipinski definition) is 1. The Morgan fingerprint density at radius 2 is 2.11 bits per heavy atom. The molecule has 0 saturated carbocycles. The monoisotopic (exact) mass is 237 g/mol. The number of nitrogens with zero attached hydrogens (tertiary/aromatic N) is 1. The predicted octanol–water partition coefficient (Wildman–Crippen LogP) is 4.72. The van der Waals surface area contributed by atoms with Gasteiger partial charge in [-0.25, -0.2) is 0 Å². The smallest absolute Gasteiger partial charge is 0.0991 e. The van der Waals surface area contributed by atoms with Crippen molar-refractivity contribution in [3.05, 3.63) is 59.7 Å². The van der Waals surface area contributed by atoms with Crippen LogP contribution in [0, 0.1) is 11.3 Å². The molecule has 1 aromatic carbocycles. The summed E-state index contributed by atoms with van der Waals surface area (Å²) in [5, 5.41) is 8.79. The molecule has 18 heavy (non-hydrogen) atoms. The molecule has 1 atom stereocenters. The minimum absolute atomic E-state index is 0.630. The highest BCUT2D eigenvalue weighted by Crippen LogP contribution is 2.33. The van der Waals surface area contributed by atoms with Crippen molar-refractivity contribution in [1.29, 1.82) is 5.26 Å². The van der Waals surface area contributed by atoms with Crippen LogP contribution >= 0.6 is 0 Å². The van der Waals surface area contributed by atoms with Crippen LogP contribution in [0.1, 0.15) is 49.1 Å². The minimum Gasteiger partial charge on any atom is -0.192 e. The molecule has 0 aliphatic heterocycles. The fourth-order valence-corrected chi connectivity index (χ4v) is 2.54. The minimum atomic E-state index is 0.630. The maximum absolute atomic E-state index is 8.79. The van der Waals surface area contributed by atoms with E-state index in [1.807, 2.05) is 18.2 Å². The number of nitriles is 1. The van der Waals surface area contributed by atoms with Crippen molar-refractivity contribution in [3.8, 4) is 6.07 Å². The van der Waals surface area contributed by atoms with Crippen molar-refractivity contribution in [3.63, 3.8) is 0 Å². The van der Waals surface area contributed by atoms with Crippen LogP contribution in [0.15, 0.2) is 48.6 Å². The van der Waals surface area contributed by atoms with Gasteiger partial charge in [-0.1, -0.05) is 29.9 Å². The molecule has 0 heterocycles. The standard InChI is InChI=1S/C17H19N/c1-2-3-4-14-5-9-16(10-6-14)17-11-7-15(13-18)8-12-17/h2,5,7-8,11-12,16H,1,3-4,6,9-10H2. The third-order valence-corrected chi connectivity index (χ3v) is 3.69. The van der Waals surface area contributed by atoms with Crippen molar-refractivity contribution < 1.29 is 0 Å². The summed E-state index contributed by atoms with van der Waals surface area (Å²) in [6, 6.07) is 10.2. The molecule has 1 unspecified atom stereocenters. The summed E-state index contributed by atoms with van der Waals surface area (Å²) in [5.41, 5.74) is 3.70. The second kappa shape index (κ2) is 6.21. The Bertz CT molecular complexity index is 473. The molecule has 0 radical (unpaired) electrons.